The summed E-state index contributed by atoms with van der Waals surface area (Å²) in [6.45, 7) is 3.77. The molecule has 0 atom stereocenters. The summed E-state index contributed by atoms with van der Waals surface area (Å²) in [5.74, 6) is -0.965. The molecule has 10 heteroatoms. The number of nitrogens with one attached hydrogen (secondary N) is 1. The van der Waals surface area contributed by atoms with Crippen LogP contribution in [0.4, 0.5) is 15.8 Å². The Hall–Kier alpha value is -2.97. The highest BCUT2D eigenvalue weighted by atomic mass is 35.5. The molecule has 1 N–H and O–H groups in total. The van der Waals surface area contributed by atoms with E-state index in [0.717, 1.165) is 6.07 Å². The van der Waals surface area contributed by atoms with Gasteiger partial charge in [0, 0.05) is 16.7 Å². The molecular weight excluding hydrogens is 422 g/mol. The van der Waals surface area contributed by atoms with E-state index in [1.54, 1.807) is 24.6 Å². The molecule has 0 saturated carbocycles. The van der Waals surface area contributed by atoms with E-state index in [0.29, 0.717) is 22.6 Å². The minimum absolute atomic E-state index is 0.0529. The van der Waals surface area contributed by atoms with Gasteiger partial charge < -0.3 is 5.32 Å². The maximum atomic E-state index is 13.2. The second kappa shape index (κ2) is 8.18. The van der Waals surface area contributed by atoms with Crippen LogP contribution in [-0.4, -0.2) is 20.6 Å². The van der Waals surface area contributed by atoms with E-state index in [9.17, 15) is 19.3 Å². The minimum atomic E-state index is -0.653. The van der Waals surface area contributed by atoms with E-state index in [1.165, 1.54) is 24.3 Å². The van der Waals surface area contributed by atoms with E-state index >= 15 is 0 Å². The third kappa shape index (κ3) is 4.38. The van der Waals surface area contributed by atoms with Gasteiger partial charge in [0.1, 0.15) is 10.8 Å². The Balaban J connectivity index is 1.86. The van der Waals surface area contributed by atoms with Crippen LogP contribution in [0.15, 0.2) is 36.4 Å². The average Bonchev–Trinajstić information content (AvgIpc) is 2.91. The quantitative estimate of drug-likeness (QED) is 0.441. The fourth-order valence-corrected chi connectivity index (χ4v) is 3.24. The Kier molecular flexibility index (Phi) is 5.86. The van der Waals surface area contributed by atoms with Crippen molar-refractivity contribution in [2.45, 2.75) is 20.4 Å². The third-order valence-electron chi connectivity index (χ3n) is 4.36. The smallest absolute Gasteiger partial charge is 0.288 e. The zero-order chi connectivity index (χ0) is 21.3. The average molecular weight is 437 g/mol. The van der Waals surface area contributed by atoms with Gasteiger partial charge in [0.05, 0.1) is 28.5 Å². The number of nitro benzene ring substituents is 1. The van der Waals surface area contributed by atoms with Crippen LogP contribution in [0.2, 0.25) is 10.0 Å². The van der Waals surface area contributed by atoms with Gasteiger partial charge in [-0.1, -0.05) is 29.3 Å². The van der Waals surface area contributed by atoms with E-state index < -0.39 is 16.6 Å². The van der Waals surface area contributed by atoms with Gasteiger partial charge in [-0.15, -0.1) is 0 Å². The van der Waals surface area contributed by atoms with Gasteiger partial charge in [0.2, 0.25) is 0 Å². The number of aromatic nitrogens is 2. The molecule has 0 spiro atoms. The molecule has 0 aliphatic carbocycles. The first-order valence-electron chi connectivity index (χ1n) is 8.40. The normalized spacial score (nSPS) is 10.8. The van der Waals surface area contributed by atoms with E-state index in [2.05, 4.69) is 10.4 Å². The van der Waals surface area contributed by atoms with Crippen molar-refractivity contribution in [3.8, 4) is 0 Å². The van der Waals surface area contributed by atoms with Crippen LogP contribution in [0.3, 0.4) is 0 Å². The third-order valence-corrected chi connectivity index (χ3v) is 5.03. The van der Waals surface area contributed by atoms with Crippen LogP contribution in [0.1, 0.15) is 27.3 Å². The van der Waals surface area contributed by atoms with Gasteiger partial charge in [-0.2, -0.15) is 5.10 Å². The molecule has 1 heterocycles. The molecule has 0 unspecified atom stereocenters. The number of hydrogen-bond donors (Lipinski definition) is 1. The van der Waals surface area contributed by atoms with Crippen LogP contribution < -0.4 is 5.32 Å². The van der Waals surface area contributed by atoms with Gasteiger partial charge >= 0.3 is 0 Å². The lowest BCUT2D eigenvalue weighted by atomic mass is 10.1. The van der Waals surface area contributed by atoms with Crippen molar-refractivity contribution in [3.05, 3.63) is 84.9 Å². The summed E-state index contributed by atoms with van der Waals surface area (Å²) < 4.78 is 14.9. The number of rotatable bonds is 5. The lowest BCUT2D eigenvalue weighted by molar-refractivity contribution is -0.384. The van der Waals surface area contributed by atoms with Crippen molar-refractivity contribution in [1.29, 1.82) is 0 Å². The summed E-state index contributed by atoms with van der Waals surface area (Å²) in [7, 11) is 0. The predicted molar refractivity (Wildman–Crippen MR) is 108 cm³/mol. The number of amides is 1. The highest BCUT2D eigenvalue weighted by molar-refractivity contribution is 6.32. The van der Waals surface area contributed by atoms with E-state index in [-0.39, 0.29) is 27.8 Å². The molecule has 1 amide bonds. The number of nitro groups is 1. The second-order valence-electron chi connectivity index (χ2n) is 6.32. The number of benzene rings is 2. The zero-order valence-electron chi connectivity index (χ0n) is 15.4. The van der Waals surface area contributed by atoms with Crippen LogP contribution in [0.5, 0.6) is 0 Å². The van der Waals surface area contributed by atoms with Crippen molar-refractivity contribution < 1.29 is 14.1 Å². The molecule has 7 nitrogen and oxygen atoms in total. The van der Waals surface area contributed by atoms with Gasteiger partial charge in [-0.3, -0.25) is 19.6 Å². The summed E-state index contributed by atoms with van der Waals surface area (Å²) in [6.07, 6.45) is 0. The van der Waals surface area contributed by atoms with Crippen molar-refractivity contribution in [3.63, 3.8) is 0 Å². The van der Waals surface area contributed by atoms with Crippen molar-refractivity contribution in [2.24, 2.45) is 0 Å². The van der Waals surface area contributed by atoms with Crippen molar-refractivity contribution >= 4 is 40.5 Å². The van der Waals surface area contributed by atoms with Crippen LogP contribution in [-0.2, 0) is 6.54 Å². The number of hydrogen-bond acceptors (Lipinski definition) is 4. The number of anilines is 1. The first-order chi connectivity index (χ1) is 13.7. The number of aryl methyl sites for hydroxylation is 1. The van der Waals surface area contributed by atoms with Gasteiger partial charge in [0.25, 0.3) is 11.6 Å². The Bertz CT molecular complexity index is 1130. The molecule has 3 rings (SSSR count). The highest BCUT2D eigenvalue weighted by Crippen LogP contribution is 2.27. The van der Waals surface area contributed by atoms with Gasteiger partial charge in [0.15, 0.2) is 0 Å². The molecule has 2 aromatic carbocycles. The number of carbonyl (C=O) groups excluding carboxylic acids is 1. The van der Waals surface area contributed by atoms with E-state index in [1.807, 2.05) is 0 Å². The molecule has 150 valence electrons. The molecule has 1 aromatic heterocycles. The summed E-state index contributed by atoms with van der Waals surface area (Å²) >= 11 is 11.9. The molecule has 0 aliphatic rings. The monoisotopic (exact) mass is 436 g/mol. The number of carbonyl (C=O) groups is 1. The highest BCUT2D eigenvalue weighted by Gasteiger charge is 2.19. The molecule has 0 saturated heterocycles. The lowest BCUT2D eigenvalue weighted by Crippen LogP contribution is -2.13. The van der Waals surface area contributed by atoms with Crippen molar-refractivity contribution in [1.82, 2.24) is 9.78 Å². The summed E-state index contributed by atoms with van der Waals surface area (Å²) in [4.78, 5) is 23.0. The Labute approximate surface area is 175 Å². The Morgan fingerprint density at radius 3 is 2.59 bits per heavy atom. The fourth-order valence-electron chi connectivity index (χ4n) is 2.82. The zero-order valence-corrected chi connectivity index (χ0v) is 16.9. The molecule has 3 aromatic rings. The summed E-state index contributed by atoms with van der Waals surface area (Å²) in [6, 6.07) is 7.91. The molecule has 0 radical (unpaired) electrons. The van der Waals surface area contributed by atoms with Crippen LogP contribution in [0, 0.1) is 29.8 Å². The molecule has 0 aliphatic heterocycles. The standard InChI is InChI=1S/C19H15Cl2FN4O3/c1-10-18(23-19(27)12-4-6-15(20)17(7-12)26(28)29)11(2)25(24-10)9-13-3-5-14(22)8-16(13)21/h3-8H,9H2,1-2H3,(H,23,27). The summed E-state index contributed by atoms with van der Waals surface area (Å²) in [5, 5.41) is 18.4. The van der Waals surface area contributed by atoms with Crippen LogP contribution in [0.25, 0.3) is 0 Å². The molecule has 0 bridgehead atoms. The first kappa shape index (κ1) is 20.8. The minimum Gasteiger partial charge on any atom is -0.319 e. The Morgan fingerprint density at radius 2 is 1.93 bits per heavy atom. The topological polar surface area (TPSA) is 90.1 Å². The lowest BCUT2D eigenvalue weighted by Gasteiger charge is -2.09. The SMILES string of the molecule is Cc1nn(Cc2ccc(F)cc2Cl)c(C)c1NC(=O)c1ccc(Cl)c([N+](=O)[O-])c1. The van der Waals surface area contributed by atoms with Crippen molar-refractivity contribution in [2.75, 3.05) is 5.32 Å². The number of halogens is 3. The van der Waals surface area contributed by atoms with Crippen LogP contribution >= 0.6 is 23.2 Å². The van der Waals surface area contributed by atoms with Gasteiger partial charge in [-0.05, 0) is 43.7 Å². The van der Waals surface area contributed by atoms with E-state index in [4.69, 9.17) is 23.2 Å². The molecule has 29 heavy (non-hydrogen) atoms. The maximum absolute atomic E-state index is 13.2. The number of nitrogens with zero attached hydrogens (tertiary/aromatic N) is 3. The molecule has 0 fully saturated rings. The predicted octanol–water partition coefficient (Wildman–Crippen LogP) is 5.15. The van der Waals surface area contributed by atoms with Gasteiger partial charge in [-0.25, -0.2) is 4.39 Å². The Morgan fingerprint density at radius 1 is 1.21 bits per heavy atom. The largest absolute Gasteiger partial charge is 0.319 e. The molecular formula is C19H15Cl2FN4O3. The summed E-state index contributed by atoms with van der Waals surface area (Å²) in [5.41, 5.74) is 2.09. The second-order valence-corrected chi connectivity index (χ2v) is 7.13. The maximum Gasteiger partial charge on any atom is 0.288 e. The fraction of sp³-hybridized carbons (Fsp3) is 0.158. The first-order valence-corrected chi connectivity index (χ1v) is 9.16.